The number of benzene rings is 1. The molecule has 0 spiro atoms. The number of aromatic nitrogens is 3. The molecule has 0 radical (unpaired) electrons. The quantitative estimate of drug-likeness (QED) is 0.331. The van der Waals surface area contributed by atoms with Gasteiger partial charge in [0, 0.05) is 35.3 Å². The third kappa shape index (κ3) is 4.33. The Kier molecular flexibility index (Phi) is 5.91. The first-order chi connectivity index (χ1) is 15.5. The summed E-state index contributed by atoms with van der Waals surface area (Å²) < 4.78 is 9.19. The van der Waals surface area contributed by atoms with Gasteiger partial charge < -0.3 is 9.14 Å². The molecule has 0 fully saturated rings. The van der Waals surface area contributed by atoms with Crippen molar-refractivity contribution in [3.8, 4) is 6.07 Å². The van der Waals surface area contributed by atoms with Gasteiger partial charge in [-0.2, -0.15) is 10.4 Å². The van der Waals surface area contributed by atoms with Crippen LogP contribution in [0.15, 0.2) is 60.9 Å². The van der Waals surface area contributed by atoms with Crippen molar-refractivity contribution < 1.29 is 9.53 Å². The molecule has 3 heterocycles. The number of nitriles is 1. The Balaban J connectivity index is 1.44. The first-order valence-corrected chi connectivity index (χ1v) is 10.4. The molecule has 0 unspecified atom stereocenters. The molecule has 160 valence electrons. The van der Waals surface area contributed by atoms with E-state index in [0.717, 1.165) is 22.5 Å². The van der Waals surface area contributed by atoms with Crippen LogP contribution in [0, 0.1) is 32.1 Å². The van der Waals surface area contributed by atoms with Gasteiger partial charge in [0.1, 0.15) is 12.7 Å². The monoisotopic (exact) mass is 424 g/mol. The van der Waals surface area contributed by atoms with Crippen molar-refractivity contribution in [2.45, 2.75) is 33.9 Å². The zero-order valence-electron chi connectivity index (χ0n) is 18.4. The van der Waals surface area contributed by atoms with Crippen LogP contribution in [0.5, 0.6) is 0 Å². The summed E-state index contributed by atoms with van der Waals surface area (Å²) >= 11 is 0. The number of pyridine rings is 1. The molecule has 4 rings (SSSR count). The van der Waals surface area contributed by atoms with Gasteiger partial charge in [0.15, 0.2) is 0 Å². The lowest BCUT2D eigenvalue weighted by Gasteiger charge is -2.05. The number of rotatable bonds is 6. The number of hydrogen-bond acceptors (Lipinski definition) is 4. The molecule has 0 amide bonds. The predicted molar refractivity (Wildman–Crippen MR) is 123 cm³/mol. The lowest BCUT2D eigenvalue weighted by molar-refractivity contribution is -0.138. The number of fused-ring (bicyclic) bond motifs is 1. The summed E-state index contributed by atoms with van der Waals surface area (Å²) in [5.41, 5.74) is 7.13. The molecule has 0 aliphatic carbocycles. The molecule has 1 aromatic carbocycles. The molecule has 0 aliphatic heterocycles. The molecule has 0 N–H and O–H groups in total. The second kappa shape index (κ2) is 8.94. The molecule has 0 saturated heterocycles. The number of hydrogen-bond donors (Lipinski definition) is 0. The van der Waals surface area contributed by atoms with Gasteiger partial charge >= 0.3 is 5.97 Å². The smallest absolute Gasteiger partial charge is 0.331 e. The molecular formula is C26H24N4O2. The lowest BCUT2D eigenvalue weighted by Crippen LogP contribution is -2.04. The summed E-state index contributed by atoms with van der Waals surface area (Å²) in [5, 5.41) is 14.1. The van der Waals surface area contributed by atoms with Crippen molar-refractivity contribution in [3.63, 3.8) is 0 Å². The molecule has 4 aromatic rings. The molecule has 0 bridgehead atoms. The van der Waals surface area contributed by atoms with Crippen LogP contribution in [-0.4, -0.2) is 20.2 Å². The molecule has 6 heteroatoms. The highest BCUT2D eigenvalue weighted by atomic mass is 16.5. The fraction of sp³-hybridized carbons (Fsp3) is 0.192. The van der Waals surface area contributed by atoms with E-state index in [0.29, 0.717) is 17.7 Å². The number of esters is 1. The van der Waals surface area contributed by atoms with Crippen LogP contribution in [-0.2, 0) is 22.7 Å². The van der Waals surface area contributed by atoms with Gasteiger partial charge in [-0.3, -0.25) is 4.68 Å². The number of carbonyl (C=O) groups excluding carboxylic acids is 1. The van der Waals surface area contributed by atoms with E-state index in [1.54, 1.807) is 6.08 Å². The summed E-state index contributed by atoms with van der Waals surface area (Å²) in [6, 6.07) is 16.2. The van der Waals surface area contributed by atoms with Crippen LogP contribution >= 0.6 is 0 Å². The van der Waals surface area contributed by atoms with Crippen LogP contribution in [0.3, 0.4) is 0 Å². The topological polar surface area (TPSA) is 72.3 Å². The lowest BCUT2D eigenvalue weighted by atomic mass is 10.1. The van der Waals surface area contributed by atoms with Crippen LogP contribution in [0.2, 0.25) is 0 Å². The molecular weight excluding hydrogens is 400 g/mol. The van der Waals surface area contributed by atoms with Gasteiger partial charge in [-0.1, -0.05) is 35.9 Å². The summed E-state index contributed by atoms with van der Waals surface area (Å²) in [6.45, 7) is 6.69. The minimum atomic E-state index is -0.464. The highest BCUT2D eigenvalue weighted by molar-refractivity contribution is 5.87. The van der Waals surface area contributed by atoms with Crippen LogP contribution in [0.25, 0.3) is 11.6 Å². The van der Waals surface area contributed by atoms with E-state index >= 15 is 0 Å². The van der Waals surface area contributed by atoms with Crippen molar-refractivity contribution in [1.82, 2.24) is 14.2 Å². The van der Waals surface area contributed by atoms with Crippen LogP contribution < -0.4 is 0 Å². The highest BCUT2D eigenvalue weighted by Gasteiger charge is 2.13. The van der Waals surface area contributed by atoms with Gasteiger partial charge in [0.25, 0.3) is 0 Å². The molecule has 0 atom stereocenters. The fourth-order valence-corrected chi connectivity index (χ4v) is 3.74. The summed E-state index contributed by atoms with van der Waals surface area (Å²) in [5.74, 6) is -0.464. The average Bonchev–Trinajstić information content (AvgIpc) is 3.28. The second-order valence-corrected chi connectivity index (χ2v) is 7.80. The Bertz CT molecular complexity index is 1350. The Morgan fingerprint density at radius 2 is 1.94 bits per heavy atom. The maximum atomic E-state index is 12.3. The third-order valence-corrected chi connectivity index (χ3v) is 5.52. The van der Waals surface area contributed by atoms with E-state index in [2.05, 4.69) is 42.4 Å². The number of nitrogens with zero attached hydrogens (tertiary/aromatic N) is 4. The molecule has 32 heavy (non-hydrogen) atoms. The highest BCUT2D eigenvalue weighted by Crippen LogP contribution is 2.19. The summed E-state index contributed by atoms with van der Waals surface area (Å²) in [7, 11) is 0. The zero-order valence-corrected chi connectivity index (χ0v) is 18.4. The second-order valence-electron chi connectivity index (χ2n) is 7.80. The Hall–Kier alpha value is -4.11. The maximum absolute atomic E-state index is 12.3. The zero-order chi connectivity index (χ0) is 22.7. The SMILES string of the molecule is Cc1ccc(Cn2nc(C)c(/C=C/C(=O)OCc3cn4ccccc4c3C#N)c2C)cc1. The van der Waals surface area contributed by atoms with E-state index in [9.17, 15) is 10.1 Å². The van der Waals surface area contributed by atoms with E-state index in [1.807, 2.05) is 53.5 Å². The average molecular weight is 425 g/mol. The third-order valence-electron chi connectivity index (χ3n) is 5.52. The van der Waals surface area contributed by atoms with Gasteiger partial charge in [0.05, 0.1) is 23.3 Å². The molecule has 0 saturated carbocycles. The van der Waals surface area contributed by atoms with E-state index in [1.165, 1.54) is 17.2 Å². The van der Waals surface area contributed by atoms with Crippen LogP contribution in [0.1, 0.15) is 39.2 Å². The number of ether oxygens (including phenoxy) is 1. The van der Waals surface area contributed by atoms with E-state index in [-0.39, 0.29) is 6.61 Å². The summed E-state index contributed by atoms with van der Waals surface area (Å²) in [4.78, 5) is 12.3. The Morgan fingerprint density at radius 3 is 2.69 bits per heavy atom. The van der Waals surface area contributed by atoms with Gasteiger partial charge in [-0.15, -0.1) is 0 Å². The minimum Gasteiger partial charge on any atom is -0.458 e. The van der Waals surface area contributed by atoms with E-state index < -0.39 is 5.97 Å². The van der Waals surface area contributed by atoms with Crippen molar-refractivity contribution in [2.24, 2.45) is 0 Å². The molecule has 0 aliphatic rings. The normalized spacial score (nSPS) is 11.2. The fourth-order valence-electron chi connectivity index (χ4n) is 3.74. The van der Waals surface area contributed by atoms with Gasteiger partial charge in [0.2, 0.25) is 0 Å². The van der Waals surface area contributed by atoms with Gasteiger partial charge in [-0.25, -0.2) is 4.79 Å². The Labute approximate surface area is 187 Å². The first-order valence-electron chi connectivity index (χ1n) is 10.4. The van der Waals surface area contributed by atoms with Crippen molar-refractivity contribution in [3.05, 3.63) is 100 Å². The molecule has 6 nitrogen and oxygen atoms in total. The first kappa shape index (κ1) is 21.1. The van der Waals surface area contributed by atoms with Crippen LogP contribution in [0.4, 0.5) is 0 Å². The van der Waals surface area contributed by atoms with Crippen molar-refractivity contribution in [2.75, 3.05) is 0 Å². The predicted octanol–water partition coefficient (Wildman–Crippen LogP) is 4.74. The van der Waals surface area contributed by atoms with Gasteiger partial charge in [-0.05, 0) is 44.5 Å². The largest absolute Gasteiger partial charge is 0.458 e. The summed E-state index contributed by atoms with van der Waals surface area (Å²) in [6.07, 6.45) is 6.83. The van der Waals surface area contributed by atoms with E-state index in [4.69, 9.17) is 4.74 Å². The molecule has 3 aromatic heterocycles. The van der Waals surface area contributed by atoms with Crippen molar-refractivity contribution >= 4 is 17.6 Å². The minimum absolute atomic E-state index is 0.0401. The Morgan fingerprint density at radius 1 is 1.16 bits per heavy atom. The standard InChI is InChI=1S/C26H24N4O2/c1-18-7-9-21(10-8-18)15-30-20(3)23(19(2)28-30)11-12-26(31)32-17-22-16-29-13-5-4-6-25(29)24(22)14-27/h4-13,16H,15,17H2,1-3H3/b12-11+. The van der Waals surface area contributed by atoms with Crippen molar-refractivity contribution in [1.29, 1.82) is 5.26 Å². The number of carbonyl (C=O) groups is 1. The number of aryl methyl sites for hydroxylation is 2. The maximum Gasteiger partial charge on any atom is 0.331 e.